The molecule has 0 radical (unpaired) electrons. The smallest absolute Gasteiger partial charge is 0.311 e. The first-order valence-corrected chi connectivity index (χ1v) is 16.8. The van der Waals surface area contributed by atoms with Gasteiger partial charge < -0.3 is 39.6 Å². The molecule has 0 spiro atoms. The third kappa shape index (κ3) is 10.7. The molecular weight excluding hydrogens is 586 g/mol. The number of carbonyl (C=O) groups is 2. The Kier molecular flexibility index (Phi) is 14.6. The quantitative estimate of drug-likeness (QED) is 0.174. The Labute approximate surface area is 274 Å². The summed E-state index contributed by atoms with van der Waals surface area (Å²) >= 11 is 0. The third-order valence-electron chi connectivity index (χ3n) is 9.24. The van der Waals surface area contributed by atoms with Crippen molar-refractivity contribution in [1.82, 2.24) is 15.5 Å². The predicted molar refractivity (Wildman–Crippen MR) is 177 cm³/mol. The van der Waals surface area contributed by atoms with Crippen LogP contribution < -0.4 is 20.1 Å². The molecule has 2 fully saturated rings. The summed E-state index contributed by atoms with van der Waals surface area (Å²) in [4.78, 5) is 28.5. The number of hydrogen-bond donors (Lipinski definition) is 3. The number of aliphatic hydroxyl groups excluding tert-OH is 1. The number of aliphatic hydroxyl groups is 1. The van der Waals surface area contributed by atoms with Gasteiger partial charge in [0.1, 0.15) is 11.5 Å². The number of hydrogen-bond acceptors (Lipinski definition) is 8. The fourth-order valence-corrected chi connectivity index (χ4v) is 6.72. The Morgan fingerprint density at radius 2 is 1.67 bits per heavy atom. The van der Waals surface area contributed by atoms with E-state index in [2.05, 4.69) is 10.6 Å². The minimum absolute atomic E-state index is 0.0738. The van der Waals surface area contributed by atoms with Gasteiger partial charge in [0.05, 0.1) is 32.5 Å². The normalized spacial score (nSPS) is 19.0. The molecule has 3 N–H and O–H groups in total. The van der Waals surface area contributed by atoms with Crippen LogP contribution >= 0.6 is 0 Å². The van der Waals surface area contributed by atoms with Crippen molar-refractivity contribution in [3.8, 4) is 11.5 Å². The Balaban J connectivity index is 1.36. The van der Waals surface area contributed by atoms with Crippen LogP contribution in [-0.2, 0) is 25.6 Å². The van der Waals surface area contributed by atoms with Gasteiger partial charge in [-0.15, -0.1) is 0 Å². The van der Waals surface area contributed by atoms with E-state index in [0.717, 1.165) is 49.7 Å². The summed E-state index contributed by atoms with van der Waals surface area (Å²) in [6.07, 6.45) is 6.81. The fraction of sp³-hybridized carbons (Fsp3) is 0.611. The highest BCUT2D eigenvalue weighted by Crippen LogP contribution is 2.34. The summed E-state index contributed by atoms with van der Waals surface area (Å²) in [7, 11) is 4.89. The minimum Gasteiger partial charge on any atom is -0.497 e. The van der Waals surface area contributed by atoms with Crippen molar-refractivity contribution < 1.29 is 33.6 Å². The molecule has 1 heterocycles. The van der Waals surface area contributed by atoms with Crippen LogP contribution in [0.3, 0.4) is 0 Å². The van der Waals surface area contributed by atoms with E-state index in [1.807, 2.05) is 48.5 Å². The standard InChI is InChI=1S/C36H53N3O7/c1-43-17-10-18-46-34(28-13-8-5-9-14-28)29-15-16-39(25-29)36(42)35(41)38-32(21-26-11-6-4-7-12-26)33(40)24-37-23-27-19-30(44-2)22-31(20-27)45-3/h5,8-9,13-14,19-20,22,26,29,32-34,37,40H,4,6-7,10-12,15-18,21,23-25H2,1-3H3,(H,38,41)/t29-,32?,33-,34+/m1/s1. The molecule has 0 bridgehead atoms. The van der Waals surface area contributed by atoms with Gasteiger partial charge in [0.25, 0.3) is 0 Å². The highest BCUT2D eigenvalue weighted by molar-refractivity contribution is 6.35. The molecule has 1 aliphatic heterocycles. The maximum atomic E-state index is 13.5. The van der Waals surface area contributed by atoms with Gasteiger partial charge in [0.2, 0.25) is 0 Å². The van der Waals surface area contributed by atoms with E-state index < -0.39 is 24.0 Å². The number of nitrogens with zero attached hydrogens (tertiary/aromatic N) is 1. The molecule has 4 rings (SSSR count). The Hall–Kier alpha value is -3.18. The summed E-state index contributed by atoms with van der Waals surface area (Å²) < 4.78 is 22.2. The summed E-state index contributed by atoms with van der Waals surface area (Å²) in [5.41, 5.74) is 2.02. The number of ether oxygens (including phenoxy) is 4. The Morgan fingerprint density at radius 3 is 2.35 bits per heavy atom. The highest BCUT2D eigenvalue weighted by Gasteiger charge is 2.37. The first-order valence-electron chi connectivity index (χ1n) is 16.8. The number of nitrogens with one attached hydrogen (secondary N) is 2. The number of likely N-dealkylation sites (tertiary alicyclic amines) is 1. The average Bonchev–Trinajstić information content (AvgIpc) is 3.58. The van der Waals surface area contributed by atoms with Gasteiger partial charge in [-0.05, 0) is 48.4 Å². The van der Waals surface area contributed by atoms with Gasteiger partial charge in [-0.1, -0.05) is 62.4 Å². The first-order chi connectivity index (χ1) is 22.4. The number of amides is 2. The molecule has 46 heavy (non-hydrogen) atoms. The second kappa shape index (κ2) is 18.8. The zero-order valence-corrected chi connectivity index (χ0v) is 27.7. The van der Waals surface area contributed by atoms with Gasteiger partial charge >= 0.3 is 11.8 Å². The van der Waals surface area contributed by atoms with E-state index in [1.165, 1.54) is 6.42 Å². The van der Waals surface area contributed by atoms with E-state index in [4.69, 9.17) is 18.9 Å². The summed E-state index contributed by atoms with van der Waals surface area (Å²) in [6, 6.07) is 15.2. The lowest BCUT2D eigenvalue weighted by Gasteiger charge is -2.30. The number of methoxy groups -OCH3 is 3. The maximum Gasteiger partial charge on any atom is 0.311 e. The van der Waals surface area contributed by atoms with Crippen molar-refractivity contribution in [2.45, 2.75) is 76.2 Å². The zero-order valence-electron chi connectivity index (χ0n) is 27.7. The Bertz CT molecular complexity index is 1190. The third-order valence-corrected chi connectivity index (χ3v) is 9.24. The largest absolute Gasteiger partial charge is 0.497 e. The molecule has 1 unspecified atom stereocenters. The van der Waals surface area contributed by atoms with Crippen molar-refractivity contribution in [3.63, 3.8) is 0 Å². The van der Waals surface area contributed by atoms with Gasteiger partial charge in [0, 0.05) is 58.5 Å². The maximum absolute atomic E-state index is 13.5. The highest BCUT2D eigenvalue weighted by atomic mass is 16.5. The van der Waals surface area contributed by atoms with Crippen molar-refractivity contribution in [3.05, 3.63) is 59.7 Å². The van der Waals surface area contributed by atoms with E-state index >= 15 is 0 Å². The number of carbonyl (C=O) groups excluding carboxylic acids is 2. The molecule has 0 aromatic heterocycles. The summed E-state index contributed by atoms with van der Waals surface area (Å²) in [5, 5.41) is 17.6. The molecule has 1 aliphatic carbocycles. The molecule has 2 aliphatic rings. The lowest BCUT2D eigenvalue weighted by atomic mass is 9.83. The van der Waals surface area contributed by atoms with Crippen molar-refractivity contribution in [2.75, 3.05) is 54.2 Å². The van der Waals surface area contributed by atoms with E-state index in [0.29, 0.717) is 56.7 Å². The molecule has 2 amide bonds. The molecule has 2 aromatic rings. The lowest BCUT2D eigenvalue weighted by molar-refractivity contribution is -0.146. The summed E-state index contributed by atoms with van der Waals surface area (Å²) in [5.74, 6) is 0.652. The molecule has 254 valence electrons. The second-order valence-corrected chi connectivity index (χ2v) is 12.6. The average molecular weight is 640 g/mol. The predicted octanol–water partition coefficient (Wildman–Crippen LogP) is 4.25. The lowest BCUT2D eigenvalue weighted by Crippen LogP contribution is -2.52. The molecule has 2 aromatic carbocycles. The van der Waals surface area contributed by atoms with E-state index in [-0.39, 0.29) is 18.6 Å². The molecular formula is C36H53N3O7. The SMILES string of the molecule is COCCCO[C@@H](c1ccccc1)[C@@H]1CCN(C(=O)C(=O)NC(CC2CCCCC2)[C@H](O)CNCc2cc(OC)cc(OC)c2)C1. The second-order valence-electron chi connectivity index (χ2n) is 12.6. The van der Waals surface area contributed by atoms with Crippen LogP contribution in [0.25, 0.3) is 0 Å². The van der Waals surface area contributed by atoms with E-state index in [9.17, 15) is 14.7 Å². The Morgan fingerprint density at radius 1 is 0.957 bits per heavy atom. The number of benzene rings is 2. The van der Waals surface area contributed by atoms with Crippen LogP contribution in [0.4, 0.5) is 0 Å². The van der Waals surface area contributed by atoms with Crippen LogP contribution in [-0.4, -0.2) is 88.1 Å². The van der Waals surface area contributed by atoms with Crippen LogP contribution in [0, 0.1) is 11.8 Å². The van der Waals surface area contributed by atoms with Crippen LogP contribution in [0.1, 0.15) is 68.6 Å². The van der Waals surface area contributed by atoms with Gasteiger partial charge in [-0.2, -0.15) is 0 Å². The zero-order chi connectivity index (χ0) is 32.7. The molecule has 10 nitrogen and oxygen atoms in total. The first kappa shape index (κ1) is 35.7. The van der Waals surface area contributed by atoms with Crippen LogP contribution in [0.15, 0.2) is 48.5 Å². The monoisotopic (exact) mass is 639 g/mol. The van der Waals surface area contributed by atoms with E-state index in [1.54, 1.807) is 26.2 Å². The van der Waals surface area contributed by atoms with Gasteiger partial charge in [-0.3, -0.25) is 9.59 Å². The molecule has 10 heteroatoms. The molecule has 1 saturated carbocycles. The topological polar surface area (TPSA) is 119 Å². The summed E-state index contributed by atoms with van der Waals surface area (Å²) in [6.45, 7) is 2.85. The minimum atomic E-state index is -0.861. The van der Waals surface area contributed by atoms with Crippen LogP contribution in [0.2, 0.25) is 0 Å². The fourth-order valence-electron chi connectivity index (χ4n) is 6.72. The molecule has 1 saturated heterocycles. The van der Waals surface area contributed by atoms with Gasteiger partial charge in [0.15, 0.2) is 0 Å². The van der Waals surface area contributed by atoms with Gasteiger partial charge in [-0.25, -0.2) is 0 Å². The number of rotatable bonds is 17. The van der Waals surface area contributed by atoms with Crippen molar-refractivity contribution in [2.24, 2.45) is 11.8 Å². The van der Waals surface area contributed by atoms with Crippen molar-refractivity contribution >= 4 is 11.8 Å². The van der Waals surface area contributed by atoms with Crippen molar-refractivity contribution in [1.29, 1.82) is 0 Å². The molecule has 4 atom stereocenters. The van der Waals surface area contributed by atoms with Crippen LogP contribution in [0.5, 0.6) is 11.5 Å².